The first-order chi connectivity index (χ1) is 5.36. The van der Waals surface area contributed by atoms with Crippen molar-refractivity contribution in [3.8, 4) is 11.6 Å². The van der Waals surface area contributed by atoms with Gasteiger partial charge in [0, 0.05) is 0 Å². The highest BCUT2D eigenvalue weighted by atomic mass is 16.3. The van der Waals surface area contributed by atoms with Crippen LogP contribution < -0.4 is 5.69 Å². The second-order valence-electron chi connectivity index (χ2n) is 2.00. The SMILES string of the molecule is O=c1[nH]nc(-c2ccco2)[nH]1. The molecule has 0 aromatic carbocycles. The highest BCUT2D eigenvalue weighted by Crippen LogP contribution is 2.11. The van der Waals surface area contributed by atoms with E-state index in [1.807, 2.05) is 0 Å². The van der Waals surface area contributed by atoms with E-state index in [-0.39, 0.29) is 5.69 Å². The number of H-pyrrole nitrogens is 2. The molecule has 0 radical (unpaired) electrons. The van der Waals surface area contributed by atoms with Crippen molar-refractivity contribution < 1.29 is 4.42 Å². The first kappa shape index (κ1) is 5.96. The Bertz CT molecular complexity index is 384. The van der Waals surface area contributed by atoms with Crippen LogP contribution in [0, 0.1) is 0 Å². The Hall–Kier alpha value is -1.78. The third-order valence-corrected chi connectivity index (χ3v) is 1.26. The van der Waals surface area contributed by atoms with Gasteiger partial charge in [0.15, 0.2) is 11.6 Å². The van der Waals surface area contributed by atoms with Crippen LogP contribution in [0.4, 0.5) is 0 Å². The van der Waals surface area contributed by atoms with Crippen LogP contribution in [0.1, 0.15) is 0 Å². The lowest BCUT2D eigenvalue weighted by Gasteiger charge is -1.83. The van der Waals surface area contributed by atoms with Gasteiger partial charge < -0.3 is 4.42 Å². The van der Waals surface area contributed by atoms with E-state index in [2.05, 4.69) is 15.2 Å². The number of hydrogen-bond donors (Lipinski definition) is 2. The molecule has 0 aliphatic carbocycles. The summed E-state index contributed by atoms with van der Waals surface area (Å²) in [5, 5.41) is 5.91. The summed E-state index contributed by atoms with van der Waals surface area (Å²) >= 11 is 0. The Balaban J connectivity index is 2.53. The number of nitrogens with one attached hydrogen (secondary N) is 2. The van der Waals surface area contributed by atoms with Crippen LogP contribution in [0.3, 0.4) is 0 Å². The predicted octanol–water partition coefficient (Wildman–Crippen LogP) is 0.358. The van der Waals surface area contributed by atoms with E-state index in [1.54, 1.807) is 12.1 Å². The minimum Gasteiger partial charge on any atom is -0.461 e. The monoisotopic (exact) mass is 151 g/mol. The molecule has 2 aromatic heterocycles. The maximum atomic E-state index is 10.6. The van der Waals surface area contributed by atoms with Crippen molar-refractivity contribution >= 4 is 0 Å². The van der Waals surface area contributed by atoms with Crippen LogP contribution in [0.2, 0.25) is 0 Å². The summed E-state index contributed by atoms with van der Waals surface area (Å²) in [4.78, 5) is 13.0. The van der Waals surface area contributed by atoms with E-state index in [9.17, 15) is 4.79 Å². The zero-order valence-corrected chi connectivity index (χ0v) is 5.50. The number of aromatic amines is 2. The number of hydrogen-bond acceptors (Lipinski definition) is 3. The summed E-state index contributed by atoms with van der Waals surface area (Å²) in [6.07, 6.45) is 1.52. The molecule has 0 aliphatic heterocycles. The van der Waals surface area contributed by atoms with Gasteiger partial charge in [-0.05, 0) is 12.1 Å². The van der Waals surface area contributed by atoms with E-state index in [0.717, 1.165) is 0 Å². The van der Waals surface area contributed by atoms with Crippen molar-refractivity contribution in [3.63, 3.8) is 0 Å². The first-order valence-corrected chi connectivity index (χ1v) is 3.05. The van der Waals surface area contributed by atoms with Crippen molar-refractivity contribution in [2.75, 3.05) is 0 Å². The van der Waals surface area contributed by atoms with E-state index < -0.39 is 0 Å². The summed E-state index contributed by atoms with van der Waals surface area (Å²) in [5.74, 6) is 0.961. The smallest absolute Gasteiger partial charge is 0.341 e. The van der Waals surface area contributed by atoms with Gasteiger partial charge in [0.1, 0.15) is 0 Å². The highest BCUT2D eigenvalue weighted by Gasteiger charge is 2.02. The van der Waals surface area contributed by atoms with Crippen molar-refractivity contribution in [3.05, 3.63) is 28.9 Å². The van der Waals surface area contributed by atoms with Crippen molar-refractivity contribution in [2.24, 2.45) is 0 Å². The van der Waals surface area contributed by atoms with Gasteiger partial charge >= 0.3 is 5.69 Å². The summed E-state index contributed by atoms with van der Waals surface area (Å²) < 4.78 is 4.98. The van der Waals surface area contributed by atoms with Crippen LogP contribution in [0.5, 0.6) is 0 Å². The maximum absolute atomic E-state index is 10.6. The second kappa shape index (κ2) is 2.12. The minimum atomic E-state index is -0.337. The summed E-state index contributed by atoms with van der Waals surface area (Å²) in [7, 11) is 0. The van der Waals surface area contributed by atoms with Gasteiger partial charge in [0.05, 0.1) is 6.26 Å². The van der Waals surface area contributed by atoms with E-state index >= 15 is 0 Å². The molecule has 5 nitrogen and oxygen atoms in total. The molecule has 0 aliphatic rings. The molecular weight excluding hydrogens is 146 g/mol. The van der Waals surface area contributed by atoms with Crippen molar-refractivity contribution in [2.45, 2.75) is 0 Å². The molecule has 2 aromatic rings. The van der Waals surface area contributed by atoms with Crippen LogP contribution >= 0.6 is 0 Å². The van der Waals surface area contributed by atoms with Crippen molar-refractivity contribution in [1.29, 1.82) is 0 Å². The molecule has 2 N–H and O–H groups in total. The van der Waals surface area contributed by atoms with Gasteiger partial charge in [0.2, 0.25) is 0 Å². The lowest BCUT2D eigenvalue weighted by atomic mass is 10.4. The fourth-order valence-electron chi connectivity index (χ4n) is 0.800. The highest BCUT2D eigenvalue weighted by molar-refractivity contribution is 5.44. The van der Waals surface area contributed by atoms with Crippen LogP contribution in [0.25, 0.3) is 11.6 Å². The topological polar surface area (TPSA) is 74.7 Å². The van der Waals surface area contributed by atoms with Gasteiger partial charge in [-0.15, -0.1) is 5.10 Å². The molecule has 11 heavy (non-hydrogen) atoms. The van der Waals surface area contributed by atoms with Crippen LogP contribution in [0.15, 0.2) is 27.6 Å². The van der Waals surface area contributed by atoms with Gasteiger partial charge in [0.25, 0.3) is 0 Å². The lowest BCUT2D eigenvalue weighted by Crippen LogP contribution is -2.00. The van der Waals surface area contributed by atoms with Crippen molar-refractivity contribution in [1.82, 2.24) is 15.2 Å². The molecule has 2 rings (SSSR count). The molecule has 2 heterocycles. The largest absolute Gasteiger partial charge is 0.461 e. The standard InChI is InChI=1S/C6H5N3O2/c10-6-7-5(8-9-6)4-2-1-3-11-4/h1-3H,(H2,7,8,9,10). The zero-order chi connectivity index (χ0) is 7.68. The molecule has 0 unspecified atom stereocenters. The third kappa shape index (κ3) is 0.958. The van der Waals surface area contributed by atoms with Crippen LogP contribution in [-0.2, 0) is 0 Å². The Kier molecular flexibility index (Phi) is 1.15. The molecule has 0 saturated carbocycles. The first-order valence-electron chi connectivity index (χ1n) is 3.05. The normalized spacial score (nSPS) is 10.2. The fourth-order valence-corrected chi connectivity index (χ4v) is 0.800. The second-order valence-corrected chi connectivity index (χ2v) is 2.00. The predicted molar refractivity (Wildman–Crippen MR) is 36.9 cm³/mol. The lowest BCUT2D eigenvalue weighted by molar-refractivity contribution is 0.577. The molecule has 0 fully saturated rings. The molecule has 0 saturated heterocycles. The third-order valence-electron chi connectivity index (χ3n) is 1.26. The minimum absolute atomic E-state index is 0.337. The summed E-state index contributed by atoms with van der Waals surface area (Å²) in [6, 6.07) is 3.44. The molecule has 5 heteroatoms. The van der Waals surface area contributed by atoms with Gasteiger partial charge in [-0.3, -0.25) is 4.98 Å². The molecule has 0 spiro atoms. The molecule has 0 bridgehead atoms. The van der Waals surface area contributed by atoms with Gasteiger partial charge in [-0.25, -0.2) is 9.89 Å². The Morgan fingerprint density at radius 3 is 3.00 bits per heavy atom. The van der Waals surface area contributed by atoms with Gasteiger partial charge in [-0.1, -0.05) is 0 Å². The molecular formula is C6H5N3O2. The quantitative estimate of drug-likeness (QED) is 0.617. The van der Waals surface area contributed by atoms with E-state index in [4.69, 9.17) is 4.42 Å². The number of furan rings is 1. The number of aromatic nitrogens is 3. The molecule has 0 atom stereocenters. The summed E-state index contributed by atoms with van der Waals surface area (Å²) in [5.41, 5.74) is -0.337. The Morgan fingerprint density at radius 1 is 1.55 bits per heavy atom. The molecule has 0 amide bonds. The fraction of sp³-hybridized carbons (Fsp3) is 0. The average Bonchev–Trinajstić information content (AvgIpc) is 2.55. The Labute approximate surface area is 61.1 Å². The van der Waals surface area contributed by atoms with Gasteiger partial charge in [-0.2, -0.15) is 0 Å². The van der Waals surface area contributed by atoms with E-state index in [0.29, 0.717) is 11.6 Å². The maximum Gasteiger partial charge on any atom is 0.341 e. The molecule has 56 valence electrons. The Morgan fingerprint density at radius 2 is 2.45 bits per heavy atom. The zero-order valence-electron chi connectivity index (χ0n) is 5.50. The van der Waals surface area contributed by atoms with E-state index in [1.165, 1.54) is 6.26 Å². The average molecular weight is 151 g/mol. The number of rotatable bonds is 1. The number of nitrogens with zero attached hydrogens (tertiary/aromatic N) is 1. The van der Waals surface area contributed by atoms with Crippen LogP contribution in [-0.4, -0.2) is 15.2 Å². The summed E-state index contributed by atoms with van der Waals surface area (Å²) in [6.45, 7) is 0.